The average Bonchev–Trinajstić information content (AvgIpc) is 0. The second kappa shape index (κ2) is 39.5. The number of hydrogen-bond donors (Lipinski definition) is 0. The maximum Gasteiger partial charge on any atom is 2.00 e. The molecule has 0 saturated carbocycles. The monoisotopic (exact) mass is 349 g/mol. The molecule has 0 heterocycles. The van der Waals surface area contributed by atoms with Crippen molar-refractivity contribution in [3.63, 3.8) is 0 Å². The van der Waals surface area contributed by atoms with Gasteiger partial charge in [0, 0.05) is 0 Å². The van der Waals surface area contributed by atoms with E-state index >= 15 is 0 Å². The summed E-state index contributed by atoms with van der Waals surface area (Å²) in [5.41, 5.74) is 0. The van der Waals surface area contributed by atoms with E-state index in [9.17, 15) is 0 Å². The minimum Gasteiger partial charge on any atom is -1.00 e. The normalized spacial score (nSPS) is 0. The Balaban J connectivity index is 0. The topological polar surface area (TPSA) is 63.0 Å². The smallest absolute Gasteiger partial charge is 1.00 e. The van der Waals surface area contributed by atoms with Gasteiger partial charge >= 0.3 is 16.8 Å². The summed E-state index contributed by atoms with van der Waals surface area (Å²) in [6.45, 7) is 0. The summed E-state index contributed by atoms with van der Waals surface area (Å²) >= 11 is 0. The molecule has 0 amide bonds. The van der Waals surface area contributed by atoms with E-state index in [-0.39, 0.29) is 75.7 Å². The zero-order valence-corrected chi connectivity index (χ0v) is 7.45. The zero-order chi connectivity index (χ0) is 0. The van der Waals surface area contributed by atoms with Crippen molar-refractivity contribution < 1.29 is 75.7 Å². The molecule has 0 fully saturated rings. The number of hydrogen-bond acceptors (Lipinski definition) is 0. The third-order valence-electron chi connectivity index (χ3n) is 0. The van der Waals surface area contributed by atoms with Crippen molar-refractivity contribution >= 4 is 0 Å². The SMILES string of the molecule is O.O.[Co+2].[I-].[I-]. The summed E-state index contributed by atoms with van der Waals surface area (Å²) in [5.74, 6) is 0. The third kappa shape index (κ3) is 25.0. The quantitative estimate of drug-likeness (QED) is 0.391. The van der Waals surface area contributed by atoms with Gasteiger partial charge in [-0.3, -0.25) is 0 Å². The standard InChI is InChI=1S/Co.2HI.2H2O/h;2*1H;2*1H2/q+2;;;;/p-2. The summed E-state index contributed by atoms with van der Waals surface area (Å²) < 4.78 is 0. The van der Waals surface area contributed by atoms with E-state index < -0.39 is 0 Å². The molecule has 0 rings (SSSR count). The van der Waals surface area contributed by atoms with Gasteiger partial charge in [0.05, 0.1) is 0 Å². The predicted octanol–water partition coefficient (Wildman–Crippen LogP) is -7.64. The molecule has 4 N–H and O–H groups in total. The van der Waals surface area contributed by atoms with Crippen molar-refractivity contribution in [2.24, 2.45) is 0 Å². The molecule has 0 aromatic heterocycles. The number of halogens is 2. The van der Waals surface area contributed by atoms with Crippen LogP contribution in [0.5, 0.6) is 0 Å². The van der Waals surface area contributed by atoms with Crippen LogP contribution in [-0.4, -0.2) is 11.0 Å². The van der Waals surface area contributed by atoms with E-state index in [1.54, 1.807) is 0 Å². The Morgan fingerprint density at radius 1 is 0.600 bits per heavy atom. The van der Waals surface area contributed by atoms with Gasteiger partial charge in [-0.1, -0.05) is 0 Å². The van der Waals surface area contributed by atoms with Crippen molar-refractivity contribution in [3.05, 3.63) is 0 Å². The Kier molecular flexibility index (Phi) is 530. The maximum atomic E-state index is 0. The molecule has 0 aliphatic rings. The minimum atomic E-state index is 0. The second-order valence-electron chi connectivity index (χ2n) is 0. The van der Waals surface area contributed by atoms with E-state index in [1.807, 2.05) is 0 Å². The molecule has 0 unspecified atom stereocenters. The first-order chi connectivity index (χ1) is 0. The molecule has 1 radical (unpaired) electrons. The summed E-state index contributed by atoms with van der Waals surface area (Å²) in [6, 6.07) is 0. The Morgan fingerprint density at radius 3 is 0.600 bits per heavy atom. The van der Waals surface area contributed by atoms with Crippen LogP contribution in [0.3, 0.4) is 0 Å². The van der Waals surface area contributed by atoms with E-state index in [2.05, 4.69) is 0 Å². The molecule has 0 bridgehead atoms. The Hall–Kier alpha value is 1.89. The predicted molar refractivity (Wildman–Crippen MR) is 7.23 cm³/mol. The Morgan fingerprint density at radius 2 is 0.600 bits per heavy atom. The Bertz CT molecular complexity index is 7.61. The van der Waals surface area contributed by atoms with Gasteiger partial charge in [-0.05, 0) is 0 Å². The van der Waals surface area contributed by atoms with Gasteiger partial charge in [0.15, 0.2) is 0 Å². The first-order valence-electron chi connectivity index (χ1n) is 0. The molecule has 0 aliphatic heterocycles. The summed E-state index contributed by atoms with van der Waals surface area (Å²) in [4.78, 5) is 0. The van der Waals surface area contributed by atoms with Crippen molar-refractivity contribution in [1.82, 2.24) is 0 Å². The van der Waals surface area contributed by atoms with Gasteiger partial charge in [-0.15, -0.1) is 0 Å². The molecular formula is H4CoI2O2. The first kappa shape index (κ1) is 67.1. The van der Waals surface area contributed by atoms with Gasteiger partial charge in [0.1, 0.15) is 0 Å². The summed E-state index contributed by atoms with van der Waals surface area (Å²) in [7, 11) is 0. The largest absolute Gasteiger partial charge is 2.00 e. The fraction of sp³-hybridized carbons (Fsp3) is 0. The van der Waals surface area contributed by atoms with Crippen molar-refractivity contribution in [1.29, 1.82) is 0 Å². The molecule has 0 aromatic rings. The van der Waals surface area contributed by atoms with Crippen molar-refractivity contribution in [2.75, 3.05) is 0 Å². The molecule has 0 spiro atoms. The van der Waals surface area contributed by atoms with Gasteiger partial charge in [0.25, 0.3) is 0 Å². The van der Waals surface area contributed by atoms with Crippen LogP contribution in [0.1, 0.15) is 0 Å². The Labute approximate surface area is 74.9 Å². The molecular weight excluding hydrogens is 345 g/mol. The summed E-state index contributed by atoms with van der Waals surface area (Å²) in [6.07, 6.45) is 0. The van der Waals surface area contributed by atoms with Crippen LogP contribution in [0.15, 0.2) is 0 Å². The third-order valence-corrected chi connectivity index (χ3v) is 0. The van der Waals surface area contributed by atoms with E-state index in [0.717, 1.165) is 0 Å². The molecule has 5 heteroatoms. The van der Waals surface area contributed by atoms with Gasteiger partial charge < -0.3 is 58.9 Å². The van der Waals surface area contributed by atoms with Crippen molar-refractivity contribution in [2.45, 2.75) is 0 Å². The van der Waals surface area contributed by atoms with E-state index in [0.29, 0.717) is 0 Å². The molecule has 2 nitrogen and oxygen atoms in total. The summed E-state index contributed by atoms with van der Waals surface area (Å²) in [5, 5.41) is 0. The van der Waals surface area contributed by atoms with Crippen LogP contribution in [0.2, 0.25) is 0 Å². The van der Waals surface area contributed by atoms with Gasteiger partial charge in [-0.25, -0.2) is 0 Å². The van der Waals surface area contributed by atoms with E-state index in [4.69, 9.17) is 0 Å². The van der Waals surface area contributed by atoms with Crippen molar-refractivity contribution in [3.8, 4) is 0 Å². The zero-order valence-electron chi connectivity index (χ0n) is 2.09. The average molecular weight is 349 g/mol. The maximum absolute atomic E-state index is 0. The molecule has 0 saturated heterocycles. The molecule has 39 valence electrons. The second-order valence-corrected chi connectivity index (χ2v) is 0. The van der Waals surface area contributed by atoms with Crippen LogP contribution in [0.25, 0.3) is 0 Å². The number of rotatable bonds is 0. The van der Waals surface area contributed by atoms with Crippen LogP contribution >= 0.6 is 0 Å². The van der Waals surface area contributed by atoms with Crippen LogP contribution < -0.4 is 48.0 Å². The molecule has 0 aromatic carbocycles. The molecule has 5 heavy (non-hydrogen) atoms. The fourth-order valence-corrected chi connectivity index (χ4v) is 0. The van der Waals surface area contributed by atoms with Crippen LogP contribution in [-0.2, 0) is 16.8 Å². The van der Waals surface area contributed by atoms with Gasteiger partial charge in [-0.2, -0.15) is 0 Å². The van der Waals surface area contributed by atoms with E-state index in [1.165, 1.54) is 0 Å². The minimum absolute atomic E-state index is 0. The van der Waals surface area contributed by atoms with Crippen LogP contribution in [0, 0.1) is 0 Å². The van der Waals surface area contributed by atoms with Gasteiger partial charge in [0.2, 0.25) is 0 Å². The van der Waals surface area contributed by atoms with Crippen LogP contribution in [0.4, 0.5) is 0 Å². The molecule has 0 aliphatic carbocycles. The fourth-order valence-electron chi connectivity index (χ4n) is 0. The molecule has 0 atom stereocenters. The first-order valence-corrected chi connectivity index (χ1v) is 0.